The van der Waals surface area contributed by atoms with Gasteiger partial charge in [-0.2, -0.15) is 0 Å². The summed E-state index contributed by atoms with van der Waals surface area (Å²) in [6.45, 7) is 3.82. The fourth-order valence-electron chi connectivity index (χ4n) is 3.83. The van der Waals surface area contributed by atoms with Gasteiger partial charge < -0.3 is 9.30 Å². The van der Waals surface area contributed by atoms with E-state index in [-0.39, 0.29) is 10.7 Å². The van der Waals surface area contributed by atoms with Gasteiger partial charge in [0.15, 0.2) is 5.11 Å². The minimum absolute atomic E-state index is 0.0159. The summed E-state index contributed by atoms with van der Waals surface area (Å²) in [7, 11) is 1.34. The van der Waals surface area contributed by atoms with Gasteiger partial charge in [-0.05, 0) is 92.3 Å². The Morgan fingerprint density at radius 1 is 1.03 bits per heavy atom. The van der Waals surface area contributed by atoms with E-state index in [1.165, 1.54) is 12.0 Å². The molecule has 1 aromatic heterocycles. The van der Waals surface area contributed by atoms with Crippen LogP contribution in [0, 0.1) is 13.8 Å². The van der Waals surface area contributed by atoms with Crippen LogP contribution in [0.3, 0.4) is 0 Å². The Hall–Kier alpha value is -3.56. The normalized spacial score (nSPS) is 15.0. The van der Waals surface area contributed by atoms with E-state index in [0.717, 1.165) is 27.1 Å². The predicted octanol–water partition coefficient (Wildman–Crippen LogP) is 4.47. The molecule has 7 nitrogen and oxygen atoms in total. The molecule has 0 bridgehead atoms. The number of hydrogen-bond donors (Lipinski definition) is 1. The van der Waals surface area contributed by atoms with Crippen LogP contribution in [0.15, 0.2) is 64.6 Å². The number of nitrogens with zero attached hydrogens (tertiary/aromatic N) is 2. The van der Waals surface area contributed by atoms with E-state index < -0.39 is 17.8 Å². The van der Waals surface area contributed by atoms with Crippen molar-refractivity contribution in [1.29, 1.82) is 0 Å². The lowest BCUT2D eigenvalue weighted by molar-refractivity contribution is -0.122. The van der Waals surface area contributed by atoms with Gasteiger partial charge in [0.05, 0.1) is 18.4 Å². The molecule has 3 aromatic rings. The third kappa shape index (κ3) is 4.32. The molecule has 0 atom stereocenters. The van der Waals surface area contributed by atoms with Crippen molar-refractivity contribution in [1.82, 2.24) is 9.88 Å². The first kappa shape index (κ1) is 23.6. The lowest BCUT2D eigenvalue weighted by Crippen LogP contribution is -2.54. The van der Waals surface area contributed by atoms with Crippen LogP contribution in [-0.4, -0.2) is 34.6 Å². The Morgan fingerprint density at radius 2 is 1.65 bits per heavy atom. The summed E-state index contributed by atoms with van der Waals surface area (Å²) in [5.41, 5.74) is 4.28. The van der Waals surface area contributed by atoms with E-state index in [1.807, 2.05) is 36.6 Å². The van der Waals surface area contributed by atoms with Gasteiger partial charge >= 0.3 is 5.97 Å². The second-order valence-electron chi connectivity index (χ2n) is 7.63. The van der Waals surface area contributed by atoms with Gasteiger partial charge in [0.25, 0.3) is 11.8 Å². The van der Waals surface area contributed by atoms with Crippen molar-refractivity contribution in [3.63, 3.8) is 0 Å². The molecule has 0 spiro atoms. The molecule has 34 heavy (non-hydrogen) atoms. The number of carbonyl (C=O) groups is 3. The fraction of sp³-hybridized carbons (Fsp3) is 0.120. The highest BCUT2D eigenvalue weighted by molar-refractivity contribution is 9.10. The van der Waals surface area contributed by atoms with Crippen molar-refractivity contribution >= 4 is 62.8 Å². The minimum atomic E-state index is -0.546. The molecule has 1 aliphatic rings. The first-order chi connectivity index (χ1) is 16.2. The second kappa shape index (κ2) is 9.36. The number of amides is 2. The van der Waals surface area contributed by atoms with Crippen LogP contribution >= 0.6 is 28.1 Å². The average Bonchev–Trinajstić information content (AvgIpc) is 3.10. The Labute approximate surface area is 210 Å². The molecule has 2 heterocycles. The first-order valence-corrected chi connectivity index (χ1v) is 11.5. The first-order valence-electron chi connectivity index (χ1n) is 10.3. The molecule has 0 aliphatic carbocycles. The molecule has 1 aliphatic heterocycles. The van der Waals surface area contributed by atoms with Crippen LogP contribution in [0.1, 0.15) is 27.3 Å². The minimum Gasteiger partial charge on any atom is -0.465 e. The van der Waals surface area contributed by atoms with Crippen LogP contribution in [0.2, 0.25) is 0 Å². The lowest BCUT2D eigenvalue weighted by atomic mass is 10.1. The monoisotopic (exact) mass is 537 g/mol. The number of anilines is 1. The van der Waals surface area contributed by atoms with Gasteiger partial charge in [0.1, 0.15) is 5.57 Å². The summed E-state index contributed by atoms with van der Waals surface area (Å²) in [6, 6.07) is 16.0. The number of hydrogen-bond acceptors (Lipinski definition) is 5. The Bertz CT molecular complexity index is 1360. The number of methoxy groups -OCH3 is 1. The summed E-state index contributed by atoms with van der Waals surface area (Å²) in [5.74, 6) is -1.45. The molecule has 0 radical (unpaired) electrons. The number of nitrogens with one attached hydrogen (secondary N) is 1. The number of benzene rings is 2. The van der Waals surface area contributed by atoms with Gasteiger partial charge in [-0.15, -0.1) is 0 Å². The Balaban J connectivity index is 1.71. The van der Waals surface area contributed by atoms with Crippen LogP contribution in [0.5, 0.6) is 0 Å². The molecule has 2 aromatic carbocycles. The van der Waals surface area contributed by atoms with E-state index in [0.29, 0.717) is 11.3 Å². The van der Waals surface area contributed by atoms with Crippen molar-refractivity contribution in [2.45, 2.75) is 13.8 Å². The maximum Gasteiger partial charge on any atom is 0.337 e. The number of esters is 1. The molecule has 9 heteroatoms. The maximum atomic E-state index is 13.3. The predicted molar refractivity (Wildman–Crippen MR) is 137 cm³/mol. The van der Waals surface area contributed by atoms with E-state index in [4.69, 9.17) is 17.0 Å². The molecule has 4 rings (SSSR count). The van der Waals surface area contributed by atoms with Gasteiger partial charge in [0.2, 0.25) is 0 Å². The smallest absolute Gasteiger partial charge is 0.337 e. The van der Waals surface area contributed by atoms with Crippen molar-refractivity contribution in [2.24, 2.45) is 0 Å². The third-order valence-corrected chi connectivity index (χ3v) is 6.32. The molecule has 1 fully saturated rings. The van der Waals surface area contributed by atoms with E-state index in [2.05, 4.69) is 21.2 Å². The zero-order chi connectivity index (χ0) is 24.6. The lowest BCUT2D eigenvalue weighted by Gasteiger charge is -2.29. The van der Waals surface area contributed by atoms with Gasteiger partial charge in [0, 0.05) is 21.5 Å². The standard InChI is InChI=1S/C25H20BrN3O4S/c1-14-12-17(15(2)28(14)19-8-4-16(5-9-19)24(32)33-3)13-21-22(30)27-25(34)29(23(21)31)20-10-6-18(26)7-11-20/h4-13H,1-3H3,(H,27,30,34)/b21-13+. The Kier molecular flexibility index (Phi) is 6.49. The van der Waals surface area contributed by atoms with Gasteiger partial charge in [-0.3, -0.25) is 19.8 Å². The largest absolute Gasteiger partial charge is 0.465 e. The zero-order valence-electron chi connectivity index (χ0n) is 18.6. The van der Waals surface area contributed by atoms with Gasteiger partial charge in [-0.1, -0.05) is 15.9 Å². The maximum absolute atomic E-state index is 13.3. The van der Waals surface area contributed by atoms with Crippen LogP contribution in [0.25, 0.3) is 11.8 Å². The number of aromatic nitrogens is 1. The highest BCUT2D eigenvalue weighted by atomic mass is 79.9. The van der Waals surface area contributed by atoms with E-state index in [9.17, 15) is 14.4 Å². The summed E-state index contributed by atoms with van der Waals surface area (Å²) in [4.78, 5) is 39.0. The quantitative estimate of drug-likeness (QED) is 0.230. The SMILES string of the molecule is COC(=O)c1ccc(-n2c(C)cc(/C=C3\C(=O)NC(=S)N(c4ccc(Br)cc4)C3=O)c2C)cc1. The number of ether oxygens (including phenoxy) is 1. The number of rotatable bonds is 4. The van der Waals surface area contributed by atoms with Gasteiger partial charge in [-0.25, -0.2) is 4.79 Å². The molecular weight excluding hydrogens is 518 g/mol. The second-order valence-corrected chi connectivity index (χ2v) is 8.94. The summed E-state index contributed by atoms with van der Waals surface area (Å²) < 4.78 is 7.59. The molecule has 172 valence electrons. The third-order valence-electron chi connectivity index (χ3n) is 5.50. The molecule has 1 saturated heterocycles. The summed E-state index contributed by atoms with van der Waals surface area (Å²) in [5, 5.41) is 2.64. The summed E-state index contributed by atoms with van der Waals surface area (Å²) in [6.07, 6.45) is 1.58. The molecule has 2 amide bonds. The van der Waals surface area contributed by atoms with Crippen molar-refractivity contribution in [2.75, 3.05) is 12.0 Å². The summed E-state index contributed by atoms with van der Waals surface area (Å²) >= 11 is 8.64. The van der Waals surface area contributed by atoms with Crippen LogP contribution < -0.4 is 10.2 Å². The fourth-order valence-corrected chi connectivity index (χ4v) is 4.38. The molecule has 1 N–H and O–H groups in total. The number of thiocarbonyl (C=S) groups is 1. The van der Waals surface area contributed by atoms with Crippen molar-refractivity contribution in [3.05, 3.63) is 87.2 Å². The van der Waals surface area contributed by atoms with Crippen LogP contribution in [-0.2, 0) is 14.3 Å². The molecule has 0 saturated carbocycles. The highest BCUT2D eigenvalue weighted by Gasteiger charge is 2.34. The van der Waals surface area contributed by atoms with Crippen molar-refractivity contribution < 1.29 is 19.1 Å². The highest BCUT2D eigenvalue weighted by Crippen LogP contribution is 2.27. The molecule has 0 unspecified atom stereocenters. The zero-order valence-corrected chi connectivity index (χ0v) is 21.0. The van der Waals surface area contributed by atoms with E-state index >= 15 is 0 Å². The Morgan fingerprint density at radius 3 is 2.26 bits per heavy atom. The average molecular weight is 538 g/mol. The van der Waals surface area contributed by atoms with Crippen molar-refractivity contribution in [3.8, 4) is 5.69 Å². The number of carbonyl (C=O) groups excluding carboxylic acids is 3. The van der Waals surface area contributed by atoms with Crippen LogP contribution in [0.4, 0.5) is 5.69 Å². The topological polar surface area (TPSA) is 80.6 Å². The molecular formula is C25H20BrN3O4S. The number of aryl methyl sites for hydroxylation is 1. The van der Waals surface area contributed by atoms with E-state index in [1.54, 1.807) is 42.5 Å². The number of halogens is 1.